The van der Waals surface area contributed by atoms with E-state index >= 15 is 0 Å². The third-order valence-corrected chi connectivity index (χ3v) is 5.32. The molecule has 162 valence electrons. The second-order valence-corrected chi connectivity index (χ2v) is 7.44. The number of ether oxygens (including phenoxy) is 2. The van der Waals surface area contributed by atoms with Crippen LogP contribution >= 0.6 is 0 Å². The maximum atomic E-state index is 9.64. The number of aliphatic hydroxyl groups excluding tert-OH is 1. The highest BCUT2D eigenvalue weighted by Crippen LogP contribution is 2.29. The van der Waals surface area contributed by atoms with Crippen LogP contribution in [0.2, 0.25) is 0 Å². The first kappa shape index (κ1) is 21.9. The average Bonchev–Trinajstić information content (AvgIpc) is 2.79. The number of aliphatic hydroxyl groups is 1. The lowest BCUT2D eigenvalue weighted by Gasteiger charge is -2.29. The molecule has 30 heavy (non-hydrogen) atoms. The van der Waals surface area contributed by atoms with Crippen molar-refractivity contribution < 1.29 is 14.6 Å². The van der Waals surface area contributed by atoms with Crippen molar-refractivity contribution in [2.24, 2.45) is 4.99 Å². The Kier molecular flexibility index (Phi) is 7.93. The van der Waals surface area contributed by atoms with Gasteiger partial charge in [0.25, 0.3) is 0 Å². The molecule has 2 aromatic rings. The van der Waals surface area contributed by atoms with Crippen LogP contribution in [-0.4, -0.2) is 56.4 Å². The van der Waals surface area contributed by atoms with Crippen molar-refractivity contribution in [1.82, 2.24) is 10.2 Å². The Labute approximate surface area is 178 Å². The molecule has 1 aliphatic heterocycles. The standard InChI is InChI=1S/C23H32N4O3/c1-24-23(26-19-8-9-21(29-2)22(14-19)30-3)25-15-17-4-6-18(7-5-17)16-27-12-10-20(28)11-13-27/h4-9,14,20,28H,10-13,15-16H2,1-3H3,(H2,24,25,26). The van der Waals surface area contributed by atoms with Gasteiger partial charge in [0.2, 0.25) is 0 Å². The lowest BCUT2D eigenvalue weighted by Crippen LogP contribution is -2.35. The van der Waals surface area contributed by atoms with Crippen LogP contribution in [0.5, 0.6) is 11.5 Å². The second-order valence-electron chi connectivity index (χ2n) is 7.44. The van der Waals surface area contributed by atoms with E-state index in [1.54, 1.807) is 21.3 Å². The zero-order valence-electron chi connectivity index (χ0n) is 18.0. The summed E-state index contributed by atoms with van der Waals surface area (Å²) in [4.78, 5) is 6.69. The van der Waals surface area contributed by atoms with Crippen LogP contribution in [0.15, 0.2) is 47.5 Å². The van der Waals surface area contributed by atoms with Crippen molar-refractivity contribution in [3.8, 4) is 11.5 Å². The van der Waals surface area contributed by atoms with Crippen molar-refractivity contribution in [3.63, 3.8) is 0 Å². The summed E-state index contributed by atoms with van der Waals surface area (Å²) in [5.41, 5.74) is 3.34. The predicted molar refractivity (Wildman–Crippen MR) is 120 cm³/mol. The Morgan fingerprint density at radius 2 is 1.70 bits per heavy atom. The molecule has 0 aromatic heterocycles. The van der Waals surface area contributed by atoms with Gasteiger partial charge < -0.3 is 25.2 Å². The summed E-state index contributed by atoms with van der Waals surface area (Å²) in [6.45, 7) is 3.53. The lowest BCUT2D eigenvalue weighted by molar-refractivity contribution is 0.0792. The number of aliphatic imine (C=N–C) groups is 1. The third-order valence-electron chi connectivity index (χ3n) is 5.32. The fraction of sp³-hybridized carbons (Fsp3) is 0.435. The van der Waals surface area contributed by atoms with Crippen molar-refractivity contribution >= 4 is 11.6 Å². The van der Waals surface area contributed by atoms with Gasteiger partial charge in [-0.1, -0.05) is 24.3 Å². The highest BCUT2D eigenvalue weighted by molar-refractivity contribution is 5.93. The molecule has 7 nitrogen and oxygen atoms in total. The van der Waals surface area contributed by atoms with E-state index in [2.05, 4.69) is 44.8 Å². The quantitative estimate of drug-likeness (QED) is 0.480. The van der Waals surface area contributed by atoms with E-state index < -0.39 is 0 Å². The molecule has 7 heteroatoms. The first-order chi connectivity index (χ1) is 14.6. The van der Waals surface area contributed by atoms with Gasteiger partial charge in [-0.25, -0.2) is 0 Å². The summed E-state index contributed by atoms with van der Waals surface area (Å²) in [6, 6.07) is 14.3. The molecule has 1 fully saturated rings. The maximum Gasteiger partial charge on any atom is 0.195 e. The molecule has 0 unspecified atom stereocenters. The van der Waals surface area contributed by atoms with Gasteiger partial charge in [0, 0.05) is 45.0 Å². The van der Waals surface area contributed by atoms with Gasteiger partial charge in [0.1, 0.15) is 0 Å². The average molecular weight is 413 g/mol. The molecule has 1 aliphatic rings. The zero-order valence-corrected chi connectivity index (χ0v) is 18.0. The van der Waals surface area contributed by atoms with Crippen LogP contribution in [0.1, 0.15) is 24.0 Å². The number of hydrogen-bond acceptors (Lipinski definition) is 5. The van der Waals surface area contributed by atoms with Gasteiger partial charge in [-0.15, -0.1) is 0 Å². The fourth-order valence-electron chi connectivity index (χ4n) is 3.51. The van der Waals surface area contributed by atoms with Gasteiger partial charge >= 0.3 is 0 Å². The topological polar surface area (TPSA) is 78.4 Å². The Bertz CT molecular complexity index is 831. The number of anilines is 1. The predicted octanol–water partition coefficient (Wildman–Crippen LogP) is 2.85. The SMILES string of the molecule is CN=C(NCc1ccc(CN2CCC(O)CC2)cc1)Nc1ccc(OC)c(OC)c1. The van der Waals surface area contributed by atoms with E-state index in [-0.39, 0.29) is 6.10 Å². The van der Waals surface area contributed by atoms with Crippen molar-refractivity contribution in [2.45, 2.75) is 32.0 Å². The highest BCUT2D eigenvalue weighted by Gasteiger charge is 2.16. The molecular weight excluding hydrogens is 380 g/mol. The fourth-order valence-corrected chi connectivity index (χ4v) is 3.51. The van der Waals surface area contributed by atoms with E-state index in [4.69, 9.17) is 9.47 Å². The molecule has 3 N–H and O–H groups in total. The molecule has 2 aromatic carbocycles. The number of likely N-dealkylation sites (tertiary alicyclic amines) is 1. The van der Waals surface area contributed by atoms with Gasteiger partial charge in [0.05, 0.1) is 20.3 Å². The lowest BCUT2D eigenvalue weighted by atomic mass is 10.1. The summed E-state index contributed by atoms with van der Waals surface area (Å²) in [7, 11) is 4.98. The molecule has 0 radical (unpaired) electrons. The number of piperidine rings is 1. The minimum Gasteiger partial charge on any atom is -0.493 e. The Morgan fingerprint density at radius 1 is 1.03 bits per heavy atom. The van der Waals surface area contributed by atoms with Crippen LogP contribution in [0, 0.1) is 0 Å². The number of methoxy groups -OCH3 is 2. The summed E-state index contributed by atoms with van der Waals surface area (Å²) >= 11 is 0. The van der Waals surface area contributed by atoms with E-state index in [9.17, 15) is 5.11 Å². The highest BCUT2D eigenvalue weighted by atomic mass is 16.5. The van der Waals surface area contributed by atoms with Crippen LogP contribution in [-0.2, 0) is 13.1 Å². The number of benzene rings is 2. The molecule has 0 bridgehead atoms. The minimum absolute atomic E-state index is 0.128. The molecule has 0 saturated carbocycles. The number of guanidine groups is 1. The third kappa shape index (κ3) is 6.11. The van der Waals surface area contributed by atoms with Crippen molar-refractivity contribution in [1.29, 1.82) is 0 Å². The number of nitrogens with one attached hydrogen (secondary N) is 2. The normalized spacial score (nSPS) is 15.7. The first-order valence-corrected chi connectivity index (χ1v) is 10.3. The first-order valence-electron chi connectivity index (χ1n) is 10.3. The van der Waals surface area contributed by atoms with Crippen molar-refractivity contribution in [3.05, 3.63) is 53.6 Å². The Morgan fingerprint density at radius 3 is 2.33 bits per heavy atom. The van der Waals surface area contributed by atoms with E-state index in [1.165, 1.54) is 11.1 Å². The Hall–Kier alpha value is -2.77. The van der Waals surface area contributed by atoms with Crippen LogP contribution in [0.25, 0.3) is 0 Å². The molecule has 3 rings (SSSR count). The number of nitrogens with zero attached hydrogens (tertiary/aromatic N) is 2. The minimum atomic E-state index is -0.128. The summed E-state index contributed by atoms with van der Waals surface area (Å²) < 4.78 is 10.6. The van der Waals surface area contributed by atoms with Crippen LogP contribution in [0.3, 0.4) is 0 Å². The smallest absolute Gasteiger partial charge is 0.195 e. The maximum absolute atomic E-state index is 9.64. The molecule has 1 heterocycles. The molecule has 0 spiro atoms. The monoisotopic (exact) mass is 412 g/mol. The molecule has 0 aliphatic carbocycles. The van der Waals surface area contributed by atoms with Gasteiger partial charge in [-0.3, -0.25) is 9.89 Å². The van der Waals surface area contributed by atoms with E-state index in [0.29, 0.717) is 24.0 Å². The van der Waals surface area contributed by atoms with Crippen LogP contribution < -0.4 is 20.1 Å². The second kappa shape index (κ2) is 10.8. The number of hydrogen-bond donors (Lipinski definition) is 3. The van der Waals surface area contributed by atoms with E-state index in [1.807, 2.05) is 18.2 Å². The summed E-state index contributed by atoms with van der Waals surface area (Å²) in [5, 5.41) is 16.2. The van der Waals surface area contributed by atoms with Crippen LogP contribution in [0.4, 0.5) is 5.69 Å². The largest absolute Gasteiger partial charge is 0.493 e. The Balaban J connectivity index is 1.51. The summed E-state index contributed by atoms with van der Waals surface area (Å²) in [5.74, 6) is 2.03. The zero-order chi connectivity index (χ0) is 21.3. The molecule has 0 amide bonds. The van der Waals surface area contributed by atoms with Gasteiger partial charge in [0.15, 0.2) is 17.5 Å². The summed E-state index contributed by atoms with van der Waals surface area (Å²) in [6.07, 6.45) is 1.61. The van der Waals surface area contributed by atoms with Gasteiger partial charge in [-0.05, 0) is 36.1 Å². The molecule has 0 atom stereocenters. The number of rotatable bonds is 7. The van der Waals surface area contributed by atoms with E-state index in [0.717, 1.165) is 38.2 Å². The molecule has 1 saturated heterocycles. The van der Waals surface area contributed by atoms with Crippen molar-refractivity contribution in [2.75, 3.05) is 39.7 Å². The molecular formula is C23H32N4O3. The van der Waals surface area contributed by atoms with Gasteiger partial charge in [-0.2, -0.15) is 0 Å².